The van der Waals surface area contributed by atoms with Crippen molar-refractivity contribution < 1.29 is 14.3 Å². The number of halogens is 1. The van der Waals surface area contributed by atoms with Crippen LogP contribution in [0.1, 0.15) is 52.0 Å². The average Bonchev–Trinajstić information content (AvgIpc) is 2.96. The summed E-state index contributed by atoms with van der Waals surface area (Å²) in [6.45, 7) is 12.7. The van der Waals surface area contributed by atoms with E-state index in [0.717, 1.165) is 25.3 Å². The van der Waals surface area contributed by atoms with Crippen molar-refractivity contribution >= 4 is 17.5 Å². The highest BCUT2D eigenvalue weighted by atomic mass is 19.1. The van der Waals surface area contributed by atoms with Gasteiger partial charge < -0.3 is 19.8 Å². The van der Waals surface area contributed by atoms with E-state index in [1.807, 2.05) is 16.0 Å². The molecular formula is C32H46FN5O2. The SMILES string of the molecule is Cc1ccc(N2CCC(CC3C(C)CC(C)C(C(=O)N4CCN(c5ccc(F)cn5)[C@H](CO)C4)C3C)CC2)nc1. The third kappa shape index (κ3) is 6.12. The number of aryl methyl sites for hydroxylation is 1. The Kier molecular flexibility index (Phi) is 8.93. The van der Waals surface area contributed by atoms with Crippen LogP contribution in [0, 0.1) is 48.2 Å². The van der Waals surface area contributed by atoms with Gasteiger partial charge in [0.1, 0.15) is 17.5 Å². The van der Waals surface area contributed by atoms with E-state index in [-0.39, 0.29) is 30.3 Å². The van der Waals surface area contributed by atoms with Crippen LogP contribution in [-0.2, 0) is 4.79 Å². The van der Waals surface area contributed by atoms with E-state index < -0.39 is 0 Å². The highest BCUT2D eigenvalue weighted by molar-refractivity contribution is 5.80. The second-order valence-electron chi connectivity index (χ2n) is 12.7. The van der Waals surface area contributed by atoms with Crippen LogP contribution in [0.25, 0.3) is 0 Å². The number of rotatable bonds is 6. The molecule has 4 heterocycles. The van der Waals surface area contributed by atoms with E-state index in [9.17, 15) is 14.3 Å². The third-order valence-corrected chi connectivity index (χ3v) is 10.1. The van der Waals surface area contributed by atoms with Gasteiger partial charge in [0.05, 0.1) is 18.8 Å². The molecule has 6 atom stereocenters. The van der Waals surface area contributed by atoms with Gasteiger partial charge in [-0.15, -0.1) is 0 Å². The van der Waals surface area contributed by atoms with Crippen molar-refractivity contribution in [3.05, 3.63) is 48.0 Å². The lowest BCUT2D eigenvalue weighted by Crippen LogP contribution is -2.59. The van der Waals surface area contributed by atoms with Gasteiger partial charge in [-0.2, -0.15) is 0 Å². The van der Waals surface area contributed by atoms with Gasteiger partial charge in [-0.1, -0.05) is 26.8 Å². The number of piperazine rings is 1. The molecule has 5 rings (SSSR count). The summed E-state index contributed by atoms with van der Waals surface area (Å²) in [6.07, 6.45) is 7.79. The lowest BCUT2D eigenvalue weighted by Gasteiger charge is -2.48. The molecule has 2 aliphatic heterocycles. The van der Waals surface area contributed by atoms with Gasteiger partial charge >= 0.3 is 0 Å². The molecule has 1 saturated carbocycles. The smallest absolute Gasteiger partial charge is 0.226 e. The molecule has 3 fully saturated rings. The molecule has 8 heteroatoms. The monoisotopic (exact) mass is 551 g/mol. The molecule has 2 aromatic rings. The fraction of sp³-hybridized carbons (Fsp3) is 0.656. The van der Waals surface area contributed by atoms with Crippen molar-refractivity contribution in [2.24, 2.45) is 35.5 Å². The number of pyridine rings is 2. The van der Waals surface area contributed by atoms with Crippen LogP contribution >= 0.6 is 0 Å². The molecule has 2 saturated heterocycles. The van der Waals surface area contributed by atoms with Gasteiger partial charge in [0, 0.05) is 44.8 Å². The standard InChI is InChI=1S/C32H46FN5O2/c1-21-5-7-29(34-17-21)36-11-9-25(10-12-36)16-28-22(2)15-23(3)31(24(28)4)32(40)37-13-14-38(27(19-37)20-39)30-8-6-26(33)18-35-30/h5-8,17-18,22-25,27-28,31,39H,9-16,19-20H2,1-4H3/t22?,23?,24?,27-,28?,31?/m0/s1. The van der Waals surface area contributed by atoms with E-state index in [4.69, 9.17) is 0 Å². The predicted octanol–water partition coefficient (Wildman–Crippen LogP) is 4.78. The van der Waals surface area contributed by atoms with Crippen molar-refractivity contribution in [3.63, 3.8) is 0 Å². The Morgan fingerprint density at radius 2 is 1.70 bits per heavy atom. The summed E-state index contributed by atoms with van der Waals surface area (Å²) in [4.78, 5) is 29.3. The number of carbonyl (C=O) groups is 1. The number of carbonyl (C=O) groups excluding carboxylic acids is 1. The predicted molar refractivity (Wildman–Crippen MR) is 157 cm³/mol. The molecule has 5 unspecified atom stereocenters. The first kappa shape index (κ1) is 28.8. The largest absolute Gasteiger partial charge is 0.394 e. The first-order valence-electron chi connectivity index (χ1n) is 15.2. The van der Waals surface area contributed by atoms with E-state index in [1.54, 1.807) is 6.07 Å². The molecular weight excluding hydrogens is 505 g/mol. The van der Waals surface area contributed by atoms with E-state index in [0.29, 0.717) is 55.0 Å². The number of amides is 1. The third-order valence-electron chi connectivity index (χ3n) is 10.1. The quantitative estimate of drug-likeness (QED) is 0.557. The van der Waals surface area contributed by atoms with E-state index >= 15 is 0 Å². The first-order chi connectivity index (χ1) is 19.2. The lowest BCUT2D eigenvalue weighted by atomic mass is 9.60. The number of hydrogen-bond acceptors (Lipinski definition) is 6. The summed E-state index contributed by atoms with van der Waals surface area (Å²) in [5, 5.41) is 10.2. The Balaban J connectivity index is 1.20. The van der Waals surface area contributed by atoms with Crippen LogP contribution in [0.5, 0.6) is 0 Å². The second kappa shape index (κ2) is 12.4. The van der Waals surface area contributed by atoms with Crippen LogP contribution in [0.4, 0.5) is 16.0 Å². The molecule has 0 spiro atoms. The van der Waals surface area contributed by atoms with Crippen molar-refractivity contribution in [2.45, 2.75) is 59.4 Å². The summed E-state index contributed by atoms with van der Waals surface area (Å²) in [6, 6.07) is 7.07. The highest BCUT2D eigenvalue weighted by Crippen LogP contribution is 2.46. The minimum absolute atomic E-state index is 0.00730. The summed E-state index contributed by atoms with van der Waals surface area (Å²) in [5.41, 5.74) is 1.19. The number of anilines is 2. The van der Waals surface area contributed by atoms with E-state index in [1.165, 1.54) is 37.1 Å². The van der Waals surface area contributed by atoms with Gasteiger partial charge in [0.15, 0.2) is 0 Å². The molecule has 1 N–H and O–H groups in total. The number of aromatic nitrogens is 2. The second-order valence-corrected chi connectivity index (χ2v) is 12.7. The van der Waals surface area contributed by atoms with Gasteiger partial charge in [-0.3, -0.25) is 4.79 Å². The lowest BCUT2D eigenvalue weighted by molar-refractivity contribution is -0.144. The van der Waals surface area contributed by atoms with Crippen molar-refractivity contribution in [1.29, 1.82) is 0 Å². The number of hydrogen-bond donors (Lipinski definition) is 1. The summed E-state index contributed by atoms with van der Waals surface area (Å²) in [5.74, 6) is 4.09. The van der Waals surface area contributed by atoms with Crippen molar-refractivity contribution in [3.8, 4) is 0 Å². The van der Waals surface area contributed by atoms with Crippen molar-refractivity contribution in [2.75, 3.05) is 49.1 Å². The topological polar surface area (TPSA) is 72.8 Å². The Morgan fingerprint density at radius 1 is 0.975 bits per heavy atom. The fourth-order valence-electron chi connectivity index (χ4n) is 7.82. The Hall–Kier alpha value is -2.74. The maximum atomic E-state index is 14.0. The zero-order valence-corrected chi connectivity index (χ0v) is 24.5. The molecule has 7 nitrogen and oxygen atoms in total. The molecule has 2 aromatic heterocycles. The maximum Gasteiger partial charge on any atom is 0.226 e. The molecule has 0 radical (unpaired) electrons. The average molecular weight is 552 g/mol. The van der Waals surface area contributed by atoms with Gasteiger partial charge in [0.25, 0.3) is 0 Å². The maximum absolute atomic E-state index is 14.0. The van der Waals surface area contributed by atoms with E-state index in [2.05, 4.69) is 54.7 Å². The van der Waals surface area contributed by atoms with Gasteiger partial charge in [-0.05, 0) is 86.0 Å². The molecule has 40 heavy (non-hydrogen) atoms. The van der Waals surface area contributed by atoms with Crippen LogP contribution < -0.4 is 9.80 Å². The summed E-state index contributed by atoms with van der Waals surface area (Å²) >= 11 is 0. The van der Waals surface area contributed by atoms with Crippen molar-refractivity contribution in [1.82, 2.24) is 14.9 Å². The Morgan fingerprint density at radius 3 is 2.35 bits per heavy atom. The highest BCUT2D eigenvalue weighted by Gasteiger charge is 2.45. The normalized spacial score (nSPS) is 30.0. The summed E-state index contributed by atoms with van der Waals surface area (Å²) < 4.78 is 13.4. The fourth-order valence-corrected chi connectivity index (χ4v) is 7.82. The Bertz CT molecular complexity index is 1120. The Labute approximate surface area is 238 Å². The number of nitrogens with zero attached hydrogens (tertiary/aromatic N) is 5. The molecule has 0 aromatic carbocycles. The minimum Gasteiger partial charge on any atom is -0.394 e. The van der Waals surface area contributed by atoms with Gasteiger partial charge in [0.2, 0.25) is 5.91 Å². The summed E-state index contributed by atoms with van der Waals surface area (Å²) in [7, 11) is 0. The molecule has 3 aliphatic rings. The van der Waals surface area contributed by atoms with Crippen LogP contribution in [0.3, 0.4) is 0 Å². The molecule has 1 aliphatic carbocycles. The van der Waals surface area contributed by atoms with Crippen LogP contribution in [-0.4, -0.2) is 71.3 Å². The molecule has 1 amide bonds. The van der Waals surface area contributed by atoms with Gasteiger partial charge in [-0.25, -0.2) is 14.4 Å². The number of aliphatic hydroxyl groups is 1. The first-order valence-corrected chi connectivity index (χ1v) is 15.2. The zero-order valence-electron chi connectivity index (χ0n) is 24.5. The number of piperidine rings is 1. The van der Waals surface area contributed by atoms with Crippen LogP contribution in [0.2, 0.25) is 0 Å². The minimum atomic E-state index is -0.379. The zero-order chi connectivity index (χ0) is 28.4. The number of aliphatic hydroxyl groups excluding tert-OH is 1. The molecule has 0 bridgehead atoms. The van der Waals surface area contributed by atoms with Crippen LogP contribution in [0.15, 0.2) is 36.7 Å². The molecule has 218 valence electrons.